The molecule has 92 valence electrons. The second-order valence-corrected chi connectivity index (χ2v) is 4.58. The fourth-order valence-corrected chi connectivity index (χ4v) is 1.96. The van der Waals surface area contributed by atoms with Crippen molar-refractivity contribution >= 4 is 17.5 Å². The number of carbonyl (C=O) groups is 1. The van der Waals surface area contributed by atoms with Gasteiger partial charge < -0.3 is 20.8 Å². The van der Waals surface area contributed by atoms with Gasteiger partial charge in [-0.1, -0.05) is 0 Å². The van der Waals surface area contributed by atoms with Gasteiger partial charge in [0, 0.05) is 13.1 Å². The quantitative estimate of drug-likeness (QED) is 0.685. The Morgan fingerprint density at radius 3 is 2.82 bits per heavy atom. The van der Waals surface area contributed by atoms with Crippen LogP contribution in [0.1, 0.15) is 23.8 Å². The minimum Gasteiger partial charge on any atom is -0.477 e. The maximum atomic E-state index is 10.8. The van der Waals surface area contributed by atoms with Gasteiger partial charge in [-0.25, -0.2) is 9.78 Å². The van der Waals surface area contributed by atoms with Crippen molar-refractivity contribution in [2.24, 2.45) is 0 Å². The Morgan fingerprint density at radius 1 is 1.59 bits per heavy atom. The highest BCUT2D eigenvalue weighted by Gasteiger charge is 2.33. The number of carboxylic acids is 1. The molecule has 0 aliphatic carbocycles. The van der Waals surface area contributed by atoms with Gasteiger partial charge >= 0.3 is 5.97 Å². The molecule has 0 aromatic carbocycles. The lowest BCUT2D eigenvalue weighted by Crippen LogP contribution is -2.30. The zero-order chi connectivity index (χ0) is 12.6. The van der Waals surface area contributed by atoms with E-state index in [2.05, 4.69) is 4.98 Å². The number of nitrogen functional groups attached to an aromatic ring is 1. The molecule has 6 heteroatoms. The summed E-state index contributed by atoms with van der Waals surface area (Å²) >= 11 is 0. The van der Waals surface area contributed by atoms with Gasteiger partial charge in [0.25, 0.3) is 0 Å². The van der Waals surface area contributed by atoms with Crippen LogP contribution in [0.3, 0.4) is 0 Å². The van der Waals surface area contributed by atoms with E-state index in [1.165, 1.54) is 12.1 Å². The molecule has 0 amide bonds. The van der Waals surface area contributed by atoms with E-state index >= 15 is 0 Å². The molecule has 1 atom stereocenters. The Kier molecular flexibility index (Phi) is 2.66. The summed E-state index contributed by atoms with van der Waals surface area (Å²) < 4.78 is 0. The predicted octanol–water partition coefficient (Wildman–Crippen LogP) is 0.323. The smallest absolute Gasteiger partial charge is 0.354 e. The van der Waals surface area contributed by atoms with E-state index in [4.69, 9.17) is 10.8 Å². The molecule has 2 heterocycles. The zero-order valence-corrected chi connectivity index (χ0v) is 9.55. The van der Waals surface area contributed by atoms with Crippen molar-refractivity contribution < 1.29 is 15.0 Å². The summed E-state index contributed by atoms with van der Waals surface area (Å²) in [6.07, 6.45) is 0.616. The van der Waals surface area contributed by atoms with E-state index in [1.807, 2.05) is 4.90 Å². The van der Waals surface area contributed by atoms with Crippen molar-refractivity contribution in [1.82, 2.24) is 4.98 Å². The lowest BCUT2D eigenvalue weighted by molar-refractivity contribution is 0.0690. The second-order valence-electron chi connectivity index (χ2n) is 4.58. The zero-order valence-electron chi connectivity index (χ0n) is 9.55. The monoisotopic (exact) mass is 237 g/mol. The number of hydrogen-bond donors (Lipinski definition) is 3. The summed E-state index contributed by atoms with van der Waals surface area (Å²) in [5, 5.41) is 18.7. The third-order valence-electron chi connectivity index (χ3n) is 2.88. The van der Waals surface area contributed by atoms with Crippen LogP contribution in [0.4, 0.5) is 11.5 Å². The molecule has 1 saturated heterocycles. The molecule has 4 N–H and O–H groups in total. The van der Waals surface area contributed by atoms with Gasteiger partial charge in [-0.05, 0) is 25.5 Å². The normalized spacial score (nSPS) is 24.0. The summed E-state index contributed by atoms with van der Waals surface area (Å²) in [6, 6.07) is 2.90. The Morgan fingerprint density at radius 2 is 2.29 bits per heavy atom. The van der Waals surface area contributed by atoms with Gasteiger partial charge in [-0.15, -0.1) is 0 Å². The lowest BCUT2D eigenvalue weighted by atomic mass is 10.1. The van der Waals surface area contributed by atoms with Crippen LogP contribution in [0.25, 0.3) is 0 Å². The summed E-state index contributed by atoms with van der Waals surface area (Å²) in [5.74, 6) is -0.653. The van der Waals surface area contributed by atoms with Crippen LogP contribution in [0.2, 0.25) is 0 Å². The number of hydrogen-bond acceptors (Lipinski definition) is 5. The molecule has 0 bridgehead atoms. The summed E-state index contributed by atoms with van der Waals surface area (Å²) in [4.78, 5) is 16.7. The van der Waals surface area contributed by atoms with E-state index in [1.54, 1.807) is 6.92 Å². The molecular weight excluding hydrogens is 222 g/mol. The first-order chi connectivity index (χ1) is 7.89. The standard InChI is InChI=1S/C11H15N3O3/c1-11(17)4-5-14(6-11)9-7(12)2-3-8(13-9)10(15)16/h2-3,17H,4-6,12H2,1H3,(H,15,16). The maximum absolute atomic E-state index is 10.8. The summed E-state index contributed by atoms with van der Waals surface area (Å²) in [6.45, 7) is 2.77. The van der Waals surface area contributed by atoms with Gasteiger partial charge in [0.1, 0.15) is 0 Å². The average molecular weight is 237 g/mol. The van der Waals surface area contributed by atoms with E-state index in [9.17, 15) is 9.90 Å². The first kappa shape index (κ1) is 11.7. The largest absolute Gasteiger partial charge is 0.477 e. The first-order valence-electron chi connectivity index (χ1n) is 5.36. The third kappa shape index (κ3) is 2.31. The van der Waals surface area contributed by atoms with Crippen LogP contribution in [0, 0.1) is 0 Å². The number of β-amino-alcohol motifs (C(OH)–C–C–N with tert-alkyl or cyclic N) is 1. The molecule has 1 fully saturated rings. The number of aromatic nitrogens is 1. The van der Waals surface area contributed by atoms with Crippen LogP contribution in [-0.4, -0.2) is 39.9 Å². The summed E-state index contributed by atoms with van der Waals surface area (Å²) in [7, 11) is 0. The number of aromatic carboxylic acids is 1. The second kappa shape index (κ2) is 3.89. The van der Waals surface area contributed by atoms with Crippen LogP contribution < -0.4 is 10.6 Å². The molecule has 6 nitrogen and oxygen atoms in total. The predicted molar refractivity (Wildman–Crippen MR) is 63.1 cm³/mol. The van der Waals surface area contributed by atoms with E-state index in [-0.39, 0.29) is 5.69 Å². The van der Waals surface area contributed by atoms with Crippen molar-refractivity contribution in [3.8, 4) is 0 Å². The first-order valence-corrected chi connectivity index (χ1v) is 5.36. The molecule has 17 heavy (non-hydrogen) atoms. The van der Waals surface area contributed by atoms with Crippen LogP contribution >= 0.6 is 0 Å². The van der Waals surface area contributed by atoms with E-state index < -0.39 is 11.6 Å². The SMILES string of the molecule is CC1(O)CCN(c2nc(C(=O)O)ccc2N)C1. The highest BCUT2D eigenvalue weighted by molar-refractivity contribution is 5.87. The summed E-state index contributed by atoms with van der Waals surface area (Å²) in [5.41, 5.74) is 5.39. The Balaban J connectivity index is 2.32. The molecule has 1 aromatic rings. The van der Waals surface area contributed by atoms with Crippen molar-refractivity contribution in [3.63, 3.8) is 0 Å². The average Bonchev–Trinajstić information content (AvgIpc) is 2.59. The fourth-order valence-electron chi connectivity index (χ4n) is 1.96. The van der Waals surface area contributed by atoms with Crippen molar-refractivity contribution in [2.75, 3.05) is 23.7 Å². The van der Waals surface area contributed by atoms with Crippen molar-refractivity contribution in [2.45, 2.75) is 18.9 Å². The molecule has 1 unspecified atom stereocenters. The van der Waals surface area contributed by atoms with Crippen molar-refractivity contribution in [3.05, 3.63) is 17.8 Å². The van der Waals surface area contributed by atoms with Crippen molar-refractivity contribution in [1.29, 1.82) is 0 Å². The molecule has 1 aliphatic rings. The molecule has 1 aromatic heterocycles. The molecule has 1 aliphatic heterocycles. The third-order valence-corrected chi connectivity index (χ3v) is 2.88. The lowest BCUT2D eigenvalue weighted by Gasteiger charge is -2.21. The highest BCUT2D eigenvalue weighted by atomic mass is 16.4. The van der Waals surface area contributed by atoms with Crippen LogP contribution in [-0.2, 0) is 0 Å². The number of carboxylic acid groups (broad SMARTS) is 1. The number of nitrogens with zero attached hydrogens (tertiary/aromatic N) is 2. The Hall–Kier alpha value is -1.82. The number of pyridine rings is 1. The van der Waals surface area contributed by atoms with Crippen LogP contribution in [0.15, 0.2) is 12.1 Å². The van der Waals surface area contributed by atoms with Gasteiger partial charge in [0.05, 0.1) is 11.3 Å². The Bertz CT molecular complexity index is 459. The van der Waals surface area contributed by atoms with E-state index in [0.29, 0.717) is 31.0 Å². The highest BCUT2D eigenvalue weighted by Crippen LogP contribution is 2.29. The number of nitrogens with two attached hydrogens (primary N) is 1. The van der Waals surface area contributed by atoms with E-state index in [0.717, 1.165) is 0 Å². The maximum Gasteiger partial charge on any atom is 0.354 e. The van der Waals surface area contributed by atoms with Gasteiger partial charge in [0.2, 0.25) is 0 Å². The van der Waals surface area contributed by atoms with Crippen LogP contribution in [0.5, 0.6) is 0 Å². The Labute approximate surface area is 98.7 Å². The number of aliphatic hydroxyl groups is 1. The minimum absolute atomic E-state index is 0.0410. The fraction of sp³-hybridized carbons (Fsp3) is 0.455. The molecule has 0 spiro atoms. The molecular formula is C11H15N3O3. The number of rotatable bonds is 2. The van der Waals surface area contributed by atoms with Gasteiger partial charge in [-0.2, -0.15) is 0 Å². The van der Waals surface area contributed by atoms with Gasteiger partial charge in [-0.3, -0.25) is 0 Å². The minimum atomic E-state index is -1.09. The van der Waals surface area contributed by atoms with Gasteiger partial charge in [0.15, 0.2) is 11.5 Å². The molecule has 0 radical (unpaired) electrons. The molecule has 0 saturated carbocycles. The number of anilines is 2. The molecule has 2 rings (SSSR count). The topological polar surface area (TPSA) is 99.7 Å².